The highest BCUT2D eigenvalue weighted by Gasteiger charge is 2.43. The number of aliphatic hydroxyl groups is 1. The lowest BCUT2D eigenvalue weighted by atomic mass is 9.95. The van der Waals surface area contributed by atoms with Crippen LogP contribution < -0.4 is 0 Å². The first-order chi connectivity index (χ1) is 13.5. The van der Waals surface area contributed by atoms with E-state index in [1.807, 2.05) is 30.3 Å². The molecule has 3 aromatic carbocycles. The molecule has 0 saturated carbocycles. The predicted molar refractivity (Wildman–Crippen MR) is 106 cm³/mol. The van der Waals surface area contributed by atoms with Gasteiger partial charge in [0, 0.05) is 12.1 Å². The van der Waals surface area contributed by atoms with E-state index >= 15 is 0 Å². The number of phenols is 1. The van der Waals surface area contributed by atoms with Crippen molar-refractivity contribution in [2.75, 3.05) is 0 Å². The average molecular weight is 395 g/mol. The van der Waals surface area contributed by atoms with E-state index in [1.54, 1.807) is 42.5 Å². The minimum Gasteiger partial charge on any atom is -0.508 e. The Morgan fingerprint density at radius 3 is 2.25 bits per heavy atom. The number of phenolic OH excluding ortho intramolecular Hbond substituents is 1. The fourth-order valence-corrected chi connectivity index (χ4v) is 5.57. The summed E-state index contributed by atoms with van der Waals surface area (Å²) in [7, 11) is -3.80. The summed E-state index contributed by atoms with van der Waals surface area (Å²) in [6.45, 7) is 0.146. The van der Waals surface area contributed by atoms with Gasteiger partial charge < -0.3 is 10.2 Å². The highest BCUT2D eigenvalue weighted by atomic mass is 32.2. The molecular formula is C22H21NO4S. The number of aliphatic hydroxyl groups excluding tert-OH is 1. The van der Waals surface area contributed by atoms with Gasteiger partial charge in [0.15, 0.2) is 0 Å². The summed E-state index contributed by atoms with van der Waals surface area (Å²) in [5.41, 5.74) is 1.83. The van der Waals surface area contributed by atoms with Crippen molar-refractivity contribution < 1.29 is 18.6 Å². The van der Waals surface area contributed by atoms with E-state index in [4.69, 9.17) is 0 Å². The quantitative estimate of drug-likeness (QED) is 0.711. The summed E-state index contributed by atoms with van der Waals surface area (Å²) < 4.78 is 28.1. The number of hydrogen-bond donors (Lipinski definition) is 2. The number of rotatable bonds is 4. The lowest BCUT2D eigenvalue weighted by molar-refractivity contribution is 0.0766. The SMILES string of the molecule is O=S1(=O)c2ccccc2C(O)C(Cc2ccccc2O)N1Cc1ccccc1. The van der Waals surface area contributed by atoms with Crippen LogP contribution in [-0.4, -0.2) is 29.0 Å². The third-order valence-electron chi connectivity index (χ3n) is 5.16. The summed E-state index contributed by atoms with van der Waals surface area (Å²) in [5.74, 6) is 0.0885. The van der Waals surface area contributed by atoms with Gasteiger partial charge in [0.25, 0.3) is 0 Å². The van der Waals surface area contributed by atoms with Gasteiger partial charge in [-0.1, -0.05) is 66.7 Å². The molecule has 0 spiro atoms. The summed E-state index contributed by atoms with van der Waals surface area (Å²) >= 11 is 0. The number of hydrogen-bond acceptors (Lipinski definition) is 4. The molecule has 2 N–H and O–H groups in total. The number of nitrogens with zero attached hydrogens (tertiary/aromatic N) is 1. The van der Waals surface area contributed by atoms with Gasteiger partial charge in [0.1, 0.15) is 5.75 Å². The average Bonchev–Trinajstić information content (AvgIpc) is 2.71. The van der Waals surface area contributed by atoms with Crippen LogP contribution in [0.5, 0.6) is 5.75 Å². The first-order valence-electron chi connectivity index (χ1n) is 9.08. The van der Waals surface area contributed by atoms with Crippen molar-refractivity contribution in [3.63, 3.8) is 0 Å². The first kappa shape index (κ1) is 18.7. The van der Waals surface area contributed by atoms with Gasteiger partial charge in [-0.15, -0.1) is 0 Å². The van der Waals surface area contributed by atoms with Crippen molar-refractivity contribution in [2.45, 2.75) is 30.0 Å². The Labute approximate surface area is 164 Å². The van der Waals surface area contributed by atoms with Gasteiger partial charge in [-0.2, -0.15) is 4.31 Å². The molecule has 5 nitrogen and oxygen atoms in total. The highest BCUT2D eigenvalue weighted by Crippen LogP contribution is 2.39. The summed E-state index contributed by atoms with van der Waals surface area (Å²) in [6.07, 6.45) is -0.795. The third-order valence-corrected chi connectivity index (χ3v) is 7.11. The Balaban J connectivity index is 1.81. The Kier molecular flexibility index (Phi) is 4.93. The standard InChI is InChI=1S/C22H21NO4S/c24-20-12-6-4-10-17(20)14-19-22(25)18-11-5-7-13-21(18)28(26,27)23(19)15-16-8-2-1-3-9-16/h1-13,19,22,24-25H,14-15H2. The smallest absolute Gasteiger partial charge is 0.244 e. The normalized spacial score (nSPS) is 21.2. The maximum absolute atomic E-state index is 13.4. The van der Waals surface area contributed by atoms with Crippen molar-refractivity contribution in [1.82, 2.24) is 4.31 Å². The van der Waals surface area contributed by atoms with Crippen molar-refractivity contribution in [1.29, 1.82) is 0 Å². The van der Waals surface area contributed by atoms with E-state index in [0.717, 1.165) is 5.56 Å². The van der Waals surface area contributed by atoms with E-state index in [2.05, 4.69) is 0 Å². The molecule has 0 amide bonds. The van der Waals surface area contributed by atoms with Crippen LogP contribution in [0.15, 0.2) is 83.8 Å². The largest absolute Gasteiger partial charge is 0.508 e. The number of benzene rings is 3. The van der Waals surface area contributed by atoms with E-state index < -0.39 is 22.2 Å². The summed E-state index contributed by atoms with van der Waals surface area (Å²) in [4.78, 5) is 0.131. The van der Waals surface area contributed by atoms with E-state index in [9.17, 15) is 18.6 Å². The number of para-hydroxylation sites is 1. The Hall–Kier alpha value is -2.67. The van der Waals surface area contributed by atoms with Gasteiger partial charge in [-0.25, -0.2) is 8.42 Å². The Morgan fingerprint density at radius 2 is 1.50 bits per heavy atom. The fourth-order valence-electron chi connectivity index (χ4n) is 3.72. The van der Waals surface area contributed by atoms with Crippen LogP contribution in [-0.2, 0) is 23.0 Å². The van der Waals surface area contributed by atoms with Crippen LogP contribution in [0.2, 0.25) is 0 Å². The van der Waals surface area contributed by atoms with Gasteiger partial charge in [0.2, 0.25) is 10.0 Å². The van der Waals surface area contributed by atoms with E-state index in [1.165, 1.54) is 10.4 Å². The highest BCUT2D eigenvalue weighted by molar-refractivity contribution is 7.89. The molecule has 2 unspecified atom stereocenters. The molecule has 0 aromatic heterocycles. The molecule has 144 valence electrons. The molecule has 6 heteroatoms. The zero-order chi connectivity index (χ0) is 19.7. The van der Waals surface area contributed by atoms with Gasteiger partial charge >= 0.3 is 0 Å². The van der Waals surface area contributed by atoms with Crippen LogP contribution >= 0.6 is 0 Å². The van der Waals surface area contributed by atoms with Crippen molar-refractivity contribution in [3.8, 4) is 5.75 Å². The first-order valence-corrected chi connectivity index (χ1v) is 10.5. The third kappa shape index (κ3) is 3.30. The second-order valence-electron chi connectivity index (χ2n) is 6.92. The maximum Gasteiger partial charge on any atom is 0.244 e. The van der Waals surface area contributed by atoms with E-state index in [-0.39, 0.29) is 23.6 Å². The predicted octanol–water partition coefficient (Wildman–Crippen LogP) is 3.24. The molecule has 3 aromatic rings. The number of fused-ring (bicyclic) bond motifs is 1. The molecule has 0 bridgehead atoms. The monoisotopic (exact) mass is 395 g/mol. The second kappa shape index (κ2) is 7.39. The van der Waals surface area contributed by atoms with Crippen molar-refractivity contribution in [3.05, 3.63) is 95.6 Å². The van der Waals surface area contributed by atoms with Crippen LogP contribution in [0, 0.1) is 0 Å². The minimum absolute atomic E-state index is 0.0885. The molecule has 2 atom stereocenters. The minimum atomic E-state index is -3.80. The zero-order valence-corrected chi connectivity index (χ0v) is 16.0. The molecule has 1 aliphatic rings. The van der Waals surface area contributed by atoms with Crippen LogP contribution in [0.4, 0.5) is 0 Å². The number of aromatic hydroxyl groups is 1. The van der Waals surface area contributed by atoms with E-state index in [0.29, 0.717) is 11.1 Å². The molecule has 0 radical (unpaired) electrons. The lowest BCUT2D eigenvalue weighted by Gasteiger charge is -2.39. The zero-order valence-electron chi connectivity index (χ0n) is 15.1. The lowest BCUT2D eigenvalue weighted by Crippen LogP contribution is -2.48. The molecule has 0 aliphatic carbocycles. The van der Waals surface area contributed by atoms with Gasteiger partial charge in [0.05, 0.1) is 17.0 Å². The Bertz CT molecular complexity index is 1080. The second-order valence-corrected chi connectivity index (χ2v) is 8.78. The van der Waals surface area contributed by atoms with Crippen LogP contribution in [0.25, 0.3) is 0 Å². The molecule has 0 fully saturated rings. The summed E-state index contributed by atoms with van der Waals surface area (Å²) in [5, 5.41) is 21.2. The van der Waals surface area contributed by atoms with Crippen LogP contribution in [0.1, 0.15) is 22.8 Å². The fraction of sp³-hybridized carbons (Fsp3) is 0.182. The topological polar surface area (TPSA) is 77.8 Å². The number of sulfonamides is 1. The van der Waals surface area contributed by atoms with Crippen molar-refractivity contribution in [2.24, 2.45) is 0 Å². The molecule has 28 heavy (non-hydrogen) atoms. The van der Waals surface area contributed by atoms with Gasteiger partial charge in [-0.3, -0.25) is 0 Å². The molecule has 1 heterocycles. The molecular weight excluding hydrogens is 374 g/mol. The van der Waals surface area contributed by atoms with Crippen LogP contribution in [0.3, 0.4) is 0 Å². The molecule has 0 saturated heterocycles. The molecule has 1 aliphatic heterocycles. The Morgan fingerprint density at radius 1 is 0.857 bits per heavy atom. The maximum atomic E-state index is 13.4. The van der Waals surface area contributed by atoms with Gasteiger partial charge in [-0.05, 0) is 29.7 Å². The summed E-state index contributed by atoms with van der Waals surface area (Å²) in [6, 6.07) is 21.9. The van der Waals surface area contributed by atoms with Crippen molar-refractivity contribution >= 4 is 10.0 Å². The molecule has 4 rings (SSSR count).